The van der Waals surface area contributed by atoms with Crippen molar-refractivity contribution in [3.8, 4) is 11.1 Å². The van der Waals surface area contributed by atoms with E-state index in [9.17, 15) is 9.59 Å². The maximum atomic E-state index is 12.8. The first-order valence-corrected chi connectivity index (χ1v) is 10.6. The average Bonchev–Trinajstić information content (AvgIpc) is 3.11. The first kappa shape index (κ1) is 20.9. The predicted octanol–water partition coefficient (Wildman–Crippen LogP) is 3.53. The van der Waals surface area contributed by atoms with Crippen LogP contribution >= 0.6 is 0 Å². The van der Waals surface area contributed by atoms with E-state index in [0.717, 1.165) is 34.7 Å². The highest BCUT2D eigenvalue weighted by Gasteiger charge is 2.27. The van der Waals surface area contributed by atoms with Crippen LogP contribution in [0.15, 0.2) is 42.9 Å². The molecule has 0 bridgehead atoms. The van der Waals surface area contributed by atoms with Gasteiger partial charge in [-0.25, -0.2) is 4.68 Å². The summed E-state index contributed by atoms with van der Waals surface area (Å²) < 4.78 is 1.89. The largest absolute Gasteiger partial charge is 0.299 e. The molecule has 1 aliphatic heterocycles. The summed E-state index contributed by atoms with van der Waals surface area (Å²) in [6, 6.07) is 7.80. The lowest BCUT2D eigenvalue weighted by atomic mass is 10.1. The zero-order valence-corrected chi connectivity index (χ0v) is 18.2. The van der Waals surface area contributed by atoms with E-state index in [1.54, 1.807) is 17.3 Å². The van der Waals surface area contributed by atoms with Gasteiger partial charge in [-0.3, -0.25) is 24.5 Å². The maximum absolute atomic E-state index is 12.8. The van der Waals surface area contributed by atoms with Gasteiger partial charge in [0.1, 0.15) is 11.6 Å². The van der Waals surface area contributed by atoms with Gasteiger partial charge in [-0.15, -0.1) is 0 Å². The summed E-state index contributed by atoms with van der Waals surface area (Å²) in [5, 5.41) is 4.46. The minimum Gasteiger partial charge on any atom is -0.299 e. The Morgan fingerprint density at radius 2 is 1.87 bits per heavy atom. The maximum Gasteiger partial charge on any atom is 0.228 e. The lowest BCUT2D eigenvalue weighted by Crippen LogP contribution is -2.41. The fraction of sp³-hybridized carbons (Fsp3) is 0.375. The van der Waals surface area contributed by atoms with E-state index in [4.69, 9.17) is 0 Å². The topological polar surface area (TPSA) is 81.0 Å². The fourth-order valence-electron chi connectivity index (χ4n) is 3.96. The third kappa shape index (κ3) is 4.87. The molecule has 0 unspecified atom stereocenters. The number of hydrogen-bond donors (Lipinski definition) is 0. The molecular formula is C24H27N5O2. The Bertz CT molecular complexity index is 1100. The normalized spacial score (nSPS) is 15.6. The Hall–Kier alpha value is -3.35. The summed E-state index contributed by atoms with van der Waals surface area (Å²) in [4.78, 5) is 35.7. The quantitative estimate of drug-likeness (QED) is 0.613. The molecule has 7 nitrogen and oxygen atoms in total. The molecule has 0 aromatic carbocycles. The molecule has 3 aromatic rings. The van der Waals surface area contributed by atoms with Crippen molar-refractivity contribution in [2.45, 2.75) is 46.6 Å². The van der Waals surface area contributed by atoms with Crippen LogP contribution in [0.25, 0.3) is 11.1 Å². The van der Waals surface area contributed by atoms with Crippen molar-refractivity contribution in [2.75, 3.05) is 11.4 Å². The van der Waals surface area contributed by atoms with Gasteiger partial charge in [-0.2, -0.15) is 5.10 Å². The van der Waals surface area contributed by atoms with E-state index >= 15 is 0 Å². The zero-order chi connectivity index (χ0) is 22.0. The molecule has 0 spiro atoms. The number of aryl methyl sites for hydroxylation is 2. The number of anilines is 1. The number of carbonyl (C=O) groups excluding carboxylic acids is 2. The number of hydrogen-bond acceptors (Lipinski definition) is 5. The van der Waals surface area contributed by atoms with Crippen LogP contribution < -0.4 is 4.90 Å². The second-order valence-corrected chi connectivity index (χ2v) is 8.44. The molecule has 0 saturated carbocycles. The molecular weight excluding hydrogens is 390 g/mol. The number of pyridine rings is 2. The van der Waals surface area contributed by atoms with Crippen molar-refractivity contribution >= 4 is 17.5 Å². The first-order chi connectivity index (χ1) is 14.9. The Morgan fingerprint density at radius 1 is 1.03 bits per heavy atom. The highest BCUT2D eigenvalue weighted by Crippen LogP contribution is 2.25. The lowest BCUT2D eigenvalue weighted by Gasteiger charge is -2.31. The van der Waals surface area contributed by atoms with Gasteiger partial charge in [0.15, 0.2) is 0 Å². The predicted molar refractivity (Wildman–Crippen MR) is 119 cm³/mol. The summed E-state index contributed by atoms with van der Waals surface area (Å²) in [6.07, 6.45) is 6.01. The summed E-state index contributed by atoms with van der Waals surface area (Å²) >= 11 is 0. The van der Waals surface area contributed by atoms with Crippen LogP contribution in [0.4, 0.5) is 5.82 Å². The van der Waals surface area contributed by atoms with Crippen molar-refractivity contribution in [3.05, 3.63) is 59.8 Å². The van der Waals surface area contributed by atoms with Gasteiger partial charge in [-0.05, 0) is 37.5 Å². The Morgan fingerprint density at radius 3 is 2.61 bits per heavy atom. The summed E-state index contributed by atoms with van der Waals surface area (Å²) in [5.41, 5.74) is 4.66. The summed E-state index contributed by atoms with van der Waals surface area (Å²) in [5.74, 6) is 1.14. The molecule has 0 saturated heterocycles. The van der Waals surface area contributed by atoms with Gasteiger partial charge >= 0.3 is 0 Å². The first-order valence-electron chi connectivity index (χ1n) is 10.6. The Labute approximate surface area is 182 Å². The fourth-order valence-corrected chi connectivity index (χ4v) is 3.96. The van der Waals surface area contributed by atoms with Crippen molar-refractivity contribution < 1.29 is 9.59 Å². The van der Waals surface area contributed by atoms with Gasteiger partial charge < -0.3 is 0 Å². The minimum atomic E-state index is -0.0312. The van der Waals surface area contributed by atoms with Gasteiger partial charge in [0.25, 0.3) is 0 Å². The lowest BCUT2D eigenvalue weighted by molar-refractivity contribution is -0.123. The van der Waals surface area contributed by atoms with Gasteiger partial charge in [0.05, 0.1) is 5.69 Å². The van der Waals surface area contributed by atoms with Crippen LogP contribution in [0.3, 0.4) is 0 Å². The van der Waals surface area contributed by atoms with Crippen LogP contribution in [0.5, 0.6) is 0 Å². The SMILES string of the molecule is Cc1cncc(-c2ccc(CC(=O)CCC(=O)N3C[C@H](C)Cn4nc(C)cc43)nc2)c1. The van der Waals surface area contributed by atoms with E-state index < -0.39 is 0 Å². The third-order valence-electron chi connectivity index (χ3n) is 5.47. The Balaban J connectivity index is 1.34. The number of carbonyl (C=O) groups is 2. The number of rotatable bonds is 6. The highest BCUT2D eigenvalue weighted by atomic mass is 16.2. The standard InChI is InChI=1S/C24H27N5O2/c1-16-8-20(12-25-11-16)19-4-5-21(26-13-19)10-22(30)6-7-24(31)28-14-17(2)15-29-23(28)9-18(3)27-29/h4-5,8-9,11-13,17H,6-7,10,14-15H2,1-3H3/t17-/m0/s1. The molecule has 0 aliphatic carbocycles. The molecule has 7 heteroatoms. The average molecular weight is 418 g/mol. The smallest absolute Gasteiger partial charge is 0.228 e. The van der Waals surface area contributed by atoms with E-state index in [-0.39, 0.29) is 31.0 Å². The van der Waals surface area contributed by atoms with E-state index in [1.807, 2.05) is 42.9 Å². The number of aromatic nitrogens is 4. The molecule has 0 radical (unpaired) electrons. The second kappa shape index (κ2) is 8.79. The summed E-state index contributed by atoms with van der Waals surface area (Å²) in [6.45, 7) is 7.50. The van der Waals surface area contributed by atoms with Gasteiger partial charge in [0.2, 0.25) is 5.91 Å². The molecule has 1 aliphatic rings. The highest BCUT2D eigenvalue weighted by molar-refractivity contribution is 5.95. The van der Waals surface area contributed by atoms with Crippen molar-refractivity contribution in [1.82, 2.24) is 19.7 Å². The molecule has 4 heterocycles. The minimum absolute atomic E-state index is 0.0144. The van der Waals surface area contributed by atoms with Crippen molar-refractivity contribution in [1.29, 1.82) is 0 Å². The monoisotopic (exact) mass is 417 g/mol. The molecule has 4 rings (SSSR count). The van der Waals surface area contributed by atoms with Crippen LogP contribution in [0.2, 0.25) is 0 Å². The van der Waals surface area contributed by atoms with Crippen LogP contribution in [0.1, 0.15) is 36.7 Å². The molecule has 31 heavy (non-hydrogen) atoms. The molecule has 3 aromatic heterocycles. The number of fused-ring (bicyclic) bond motifs is 1. The van der Waals surface area contributed by atoms with Crippen molar-refractivity contribution in [2.24, 2.45) is 5.92 Å². The van der Waals surface area contributed by atoms with Gasteiger partial charge in [-0.1, -0.05) is 13.0 Å². The van der Waals surface area contributed by atoms with Crippen LogP contribution in [-0.4, -0.2) is 38.0 Å². The number of amides is 1. The number of Topliss-reactive ketones (excluding diaryl/α,β-unsaturated/α-hetero) is 1. The zero-order valence-electron chi connectivity index (χ0n) is 18.2. The second-order valence-electron chi connectivity index (χ2n) is 8.44. The van der Waals surface area contributed by atoms with Crippen molar-refractivity contribution in [3.63, 3.8) is 0 Å². The molecule has 1 atom stereocenters. The van der Waals surface area contributed by atoms with E-state index in [0.29, 0.717) is 18.2 Å². The third-order valence-corrected chi connectivity index (χ3v) is 5.47. The summed E-state index contributed by atoms with van der Waals surface area (Å²) in [7, 11) is 0. The Kier molecular flexibility index (Phi) is 5.93. The van der Waals surface area contributed by atoms with E-state index in [1.165, 1.54) is 0 Å². The van der Waals surface area contributed by atoms with Gasteiger partial charge in [0, 0.05) is 73.8 Å². The number of nitrogens with zero attached hydrogens (tertiary/aromatic N) is 5. The molecule has 160 valence electrons. The molecule has 0 N–H and O–H groups in total. The number of ketones is 1. The van der Waals surface area contributed by atoms with Crippen LogP contribution in [-0.2, 0) is 22.6 Å². The molecule has 0 fully saturated rings. The van der Waals surface area contributed by atoms with Crippen LogP contribution in [0, 0.1) is 19.8 Å². The molecule has 1 amide bonds. The van der Waals surface area contributed by atoms with E-state index in [2.05, 4.69) is 28.1 Å².